The Hall–Kier alpha value is -0.990. The number of fused-ring (bicyclic) bond motifs is 1. The van der Waals surface area contributed by atoms with Gasteiger partial charge in [0.25, 0.3) is 0 Å². The van der Waals surface area contributed by atoms with Gasteiger partial charge in [-0.25, -0.2) is 4.79 Å². The van der Waals surface area contributed by atoms with Crippen LogP contribution in [-0.2, 0) is 4.74 Å². The molecule has 0 saturated carbocycles. The number of carbonyl (C=O) groups excluding carboxylic acids is 1. The summed E-state index contributed by atoms with van der Waals surface area (Å²) in [7, 11) is 0. The molecule has 1 atom stereocenters. The van der Waals surface area contributed by atoms with Gasteiger partial charge in [0.2, 0.25) is 0 Å². The highest BCUT2D eigenvalue weighted by Crippen LogP contribution is 2.21. The minimum absolute atomic E-state index is 0.194. The number of hydrogen-bond acceptors (Lipinski definition) is 2. The van der Waals surface area contributed by atoms with E-state index in [0.717, 1.165) is 12.8 Å². The van der Waals surface area contributed by atoms with E-state index in [9.17, 15) is 4.79 Å². The molecule has 0 aromatic heterocycles. The molecule has 1 unspecified atom stereocenters. The summed E-state index contributed by atoms with van der Waals surface area (Å²) in [5.41, 5.74) is 0. The highest BCUT2D eigenvalue weighted by atomic mass is 16.6. The maximum atomic E-state index is 10.9. The second-order valence-corrected chi connectivity index (χ2v) is 2.60. The molecule has 2 aliphatic rings. The summed E-state index contributed by atoms with van der Waals surface area (Å²) >= 11 is 0. The van der Waals surface area contributed by atoms with Gasteiger partial charge < -0.3 is 4.74 Å². The Labute approximate surface area is 59.3 Å². The van der Waals surface area contributed by atoms with Crippen LogP contribution in [-0.4, -0.2) is 23.6 Å². The van der Waals surface area contributed by atoms with Gasteiger partial charge in [-0.2, -0.15) is 0 Å². The molecule has 2 heterocycles. The third kappa shape index (κ3) is 0.701. The van der Waals surface area contributed by atoms with Crippen LogP contribution in [0.3, 0.4) is 0 Å². The van der Waals surface area contributed by atoms with E-state index in [-0.39, 0.29) is 6.09 Å². The standard InChI is InChI=1S/C7H9NO2/c9-7-8-4-2-1-3-6(8)5-10-7/h2,4,6H,1,3,5H2. The molecule has 0 N–H and O–H groups in total. The average Bonchev–Trinajstić information content (AvgIpc) is 2.34. The molecule has 10 heavy (non-hydrogen) atoms. The Morgan fingerprint density at radius 2 is 2.60 bits per heavy atom. The molecule has 1 amide bonds. The van der Waals surface area contributed by atoms with E-state index in [2.05, 4.69) is 0 Å². The van der Waals surface area contributed by atoms with E-state index in [1.165, 1.54) is 0 Å². The summed E-state index contributed by atoms with van der Waals surface area (Å²) in [4.78, 5) is 12.5. The van der Waals surface area contributed by atoms with Crippen LogP contribution in [0.1, 0.15) is 12.8 Å². The van der Waals surface area contributed by atoms with Crippen molar-refractivity contribution < 1.29 is 9.53 Å². The third-order valence-corrected chi connectivity index (χ3v) is 1.94. The van der Waals surface area contributed by atoms with Gasteiger partial charge in [-0.15, -0.1) is 0 Å². The maximum absolute atomic E-state index is 10.9. The van der Waals surface area contributed by atoms with Gasteiger partial charge in [0, 0.05) is 6.20 Å². The quantitative estimate of drug-likeness (QED) is 0.503. The molecule has 2 aliphatic heterocycles. The Morgan fingerprint density at radius 3 is 3.40 bits per heavy atom. The van der Waals surface area contributed by atoms with Crippen LogP contribution >= 0.6 is 0 Å². The van der Waals surface area contributed by atoms with E-state index < -0.39 is 0 Å². The number of rotatable bonds is 0. The molecule has 3 nitrogen and oxygen atoms in total. The Balaban J connectivity index is 2.21. The number of nitrogens with zero attached hydrogens (tertiary/aromatic N) is 1. The molecule has 2 rings (SSSR count). The molecule has 1 saturated heterocycles. The lowest BCUT2D eigenvalue weighted by atomic mass is 10.1. The van der Waals surface area contributed by atoms with Crippen molar-refractivity contribution in [3.8, 4) is 0 Å². The molecule has 0 bridgehead atoms. The smallest absolute Gasteiger partial charge is 0.414 e. The maximum Gasteiger partial charge on any atom is 0.414 e. The van der Waals surface area contributed by atoms with Crippen LogP contribution in [0.2, 0.25) is 0 Å². The zero-order valence-corrected chi connectivity index (χ0v) is 5.62. The van der Waals surface area contributed by atoms with E-state index in [1.807, 2.05) is 12.3 Å². The van der Waals surface area contributed by atoms with Gasteiger partial charge in [-0.1, -0.05) is 6.08 Å². The second kappa shape index (κ2) is 2.01. The molecule has 0 radical (unpaired) electrons. The number of cyclic esters (lactones) is 1. The number of ether oxygens (including phenoxy) is 1. The SMILES string of the molecule is O=C1OCC2CCC=CN12. The zero-order chi connectivity index (χ0) is 6.97. The van der Waals surface area contributed by atoms with E-state index in [4.69, 9.17) is 4.74 Å². The number of hydrogen-bond donors (Lipinski definition) is 0. The first-order chi connectivity index (χ1) is 4.88. The number of amides is 1. The van der Waals surface area contributed by atoms with Crippen molar-refractivity contribution in [2.24, 2.45) is 0 Å². The molecule has 54 valence electrons. The number of carbonyl (C=O) groups is 1. The highest BCUT2D eigenvalue weighted by molar-refractivity contribution is 5.71. The summed E-state index contributed by atoms with van der Waals surface area (Å²) in [5, 5.41) is 0. The topological polar surface area (TPSA) is 29.5 Å². The molecule has 0 spiro atoms. The lowest BCUT2D eigenvalue weighted by Gasteiger charge is -2.19. The zero-order valence-electron chi connectivity index (χ0n) is 5.62. The second-order valence-electron chi connectivity index (χ2n) is 2.60. The first-order valence-corrected chi connectivity index (χ1v) is 3.50. The van der Waals surface area contributed by atoms with E-state index >= 15 is 0 Å². The molecular formula is C7H9NO2. The van der Waals surface area contributed by atoms with Crippen LogP contribution in [0.25, 0.3) is 0 Å². The van der Waals surface area contributed by atoms with Crippen LogP contribution in [0.5, 0.6) is 0 Å². The third-order valence-electron chi connectivity index (χ3n) is 1.94. The predicted molar refractivity (Wildman–Crippen MR) is 35.3 cm³/mol. The summed E-state index contributed by atoms with van der Waals surface area (Å²) < 4.78 is 4.84. The number of allylic oxidation sites excluding steroid dienone is 1. The summed E-state index contributed by atoms with van der Waals surface area (Å²) in [5.74, 6) is 0. The largest absolute Gasteiger partial charge is 0.447 e. The first kappa shape index (κ1) is 5.77. The van der Waals surface area contributed by atoms with Crippen molar-refractivity contribution in [2.45, 2.75) is 18.9 Å². The van der Waals surface area contributed by atoms with Crippen molar-refractivity contribution in [1.29, 1.82) is 0 Å². The fourth-order valence-corrected chi connectivity index (χ4v) is 1.35. The van der Waals surface area contributed by atoms with Gasteiger partial charge in [0.15, 0.2) is 0 Å². The van der Waals surface area contributed by atoms with Crippen molar-refractivity contribution in [2.75, 3.05) is 6.61 Å². The lowest BCUT2D eigenvalue weighted by Crippen LogP contribution is -2.30. The summed E-state index contributed by atoms with van der Waals surface area (Å²) in [6.07, 6.45) is 5.74. The van der Waals surface area contributed by atoms with Crippen molar-refractivity contribution >= 4 is 6.09 Å². The molecule has 0 aliphatic carbocycles. The van der Waals surface area contributed by atoms with Crippen molar-refractivity contribution in [1.82, 2.24) is 4.90 Å². The molecular weight excluding hydrogens is 130 g/mol. The minimum atomic E-state index is -0.194. The minimum Gasteiger partial charge on any atom is -0.447 e. The van der Waals surface area contributed by atoms with Gasteiger partial charge in [-0.05, 0) is 12.8 Å². The molecule has 0 aromatic carbocycles. The molecule has 3 heteroatoms. The first-order valence-electron chi connectivity index (χ1n) is 3.50. The van der Waals surface area contributed by atoms with E-state index in [1.54, 1.807) is 4.90 Å². The summed E-state index contributed by atoms with van der Waals surface area (Å²) in [6, 6.07) is 0.317. The van der Waals surface area contributed by atoms with Crippen LogP contribution in [0.15, 0.2) is 12.3 Å². The fourth-order valence-electron chi connectivity index (χ4n) is 1.35. The van der Waals surface area contributed by atoms with Gasteiger partial charge in [-0.3, -0.25) is 4.90 Å². The van der Waals surface area contributed by atoms with Crippen LogP contribution < -0.4 is 0 Å². The van der Waals surface area contributed by atoms with Crippen LogP contribution in [0.4, 0.5) is 4.79 Å². The van der Waals surface area contributed by atoms with Crippen molar-refractivity contribution in [3.63, 3.8) is 0 Å². The molecule has 0 aromatic rings. The Kier molecular flexibility index (Phi) is 1.16. The lowest BCUT2D eigenvalue weighted by molar-refractivity contribution is 0.166. The van der Waals surface area contributed by atoms with Gasteiger partial charge in [0.05, 0.1) is 6.04 Å². The predicted octanol–water partition coefficient (Wildman–Crippen LogP) is 1.11. The Bertz CT molecular complexity index is 186. The summed E-state index contributed by atoms with van der Waals surface area (Å²) in [6.45, 7) is 0.573. The fraction of sp³-hybridized carbons (Fsp3) is 0.571. The van der Waals surface area contributed by atoms with Crippen LogP contribution in [0, 0.1) is 0 Å². The van der Waals surface area contributed by atoms with Crippen molar-refractivity contribution in [3.05, 3.63) is 12.3 Å². The van der Waals surface area contributed by atoms with E-state index in [0.29, 0.717) is 12.6 Å². The monoisotopic (exact) mass is 139 g/mol. The molecule has 1 fully saturated rings. The highest BCUT2D eigenvalue weighted by Gasteiger charge is 2.31. The average molecular weight is 139 g/mol. The normalized spacial score (nSPS) is 30.2. The van der Waals surface area contributed by atoms with Gasteiger partial charge in [0.1, 0.15) is 6.61 Å². The Morgan fingerprint density at radius 1 is 1.70 bits per heavy atom. The van der Waals surface area contributed by atoms with Gasteiger partial charge >= 0.3 is 6.09 Å².